The highest BCUT2D eigenvalue weighted by Gasteiger charge is 2.46. The Balaban J connectivity index is 1.37. The molecule has 3 nitrogen and oxygen atoms in total. The Hall–Kier alpha value is -0.740. The maximum atomic E-state index is 8.59. The second-order valence-corrected chi connectivity index (χ2v) is 10.2. The first-order chi connectivity index (χ1) is 14.7. The predicted molar refractivity (Wildman–Crippen MR) is 114 cm³/mol. The van der Waals surface area contributed by atoms with E-state index in [2.05, 4.69) is 24.2 Å². The summed E-state index contributed by atoms with van der Waals surface area (Å²) in [6, 6.07) is 0.303. The molecule has 0 saturated carbocycles. The van der Waals surface area contributed by atoms with Gasteiger partial charge in [-0.05, 0) is 79.7 Å². The molecule has 0 aromatic carbocycles. The molecular formula is C23H34N2OS. The summed E-state index contributed by atoms with van der Waals surface area (Å²) in [4.78, 5) is 6.06. The van der Waals surface area contributed by atoms with Crippen LogP contribution in [-0.2, 0) is 4.74 Å². The van der Waals surface area contributed by atoms with Crippen LogP contribution in [0.2, 0.25) is 0 Å². The van der Waals surface area contributed by atoms with E-state index in [1.54, 1.807) is 0 Å². The second kappa shape index (κ2) is 7.26. The van der Waals surface area contributed by atoms with Crippen LogP contribution in [0.15, 0.2) is 26.8 Å². The van der Waals surface area contributed by atoms with Crippen LogP contribution in [0.4, 0.5) is 0 Å². The largest absolute Gasteiger partial charge is 0.472 e. The van der Waals surface area contributed by atoms with Crippen LogP contribution in [0.25, 0.3) is 0 Å². The first-order valence-corrected chi connectivity index (χ1v) is 11.7. The Labute approximate surface area is 174 Å². The lowest BCUT2D eigenvalue weighted by Crippen LogP contribution is -2.39. The molecule has 0 aromatic heterocycles. The van der Waals surface area contributed by atoms with Crippen molar-refractivity contribution in [2.45, 2.75) is 77.9 Å². The quantitative estimate of drug-likeness (QED) is 0.710. The van der Waals surface area contributed by atoms with Crippen molar-refractivity contribution < 1.29 is 10.2 Å². The maximum absolute atomic E-state index is 8.59. The standard InChI is InChI=1S/C23H34N2OS/c1-13(2)9-15-12-27-21-10-20(24-11-19(15)21)18-6-4-5-16-17-8-7-14(3)25-23(17)26-22(16)18/h13,15-17,20,23-24H,4-12H2,1-3H3/t15-,16+,17?,20-,23+/m1/s1/i3D3,9D/t9-,15+,16-,17?,20+,23-/m0. The lowest BCUT2D eigenvalue weighted by atomic mass is 9.76. The molecule has 6 atom stereocenters. The van der Waals surface area contributed by atoms with Gasteiger partial charge in [-0.3, -0.25) is 4.99 Å². The van der Waals surface area contributed by atoms with Crippen molar-refractivity contribution in [2.24, 2.45) is 28.7 Å². The van der Waals surface area contributed by atoms with Gasteiger partial charge in [-0.15, -0.1) is 11.8 Å². The smallest absolute Gasteiger partial charge is 0.192 e. The van der Waals surface area contributed by atoms with Crippen LogP contribution in [0.5, 0.6) is 0 Å². The lowest BCUT2D eigenvalue weighted by Gasteiger charge is -2.33. The van der Waals surface area contributed by atoms with Crippen molar-refractivity contribution in [3.8, 4) is 0 Å². The first kappa shape index (κ1) is 14.3. The second-order valence-electron chi connectivity index (χ2n) is 9.11. The van der Waals surface area contributed by atoms with Gasteiger partial charge in [0.2, 0.25) is 0 Å². The molecule has 4 heteroatoms. The van der Waals surface area contributed by atoms with Gasteiger partial charge in [-0.2, -0.15) is 0 Å². The summed E-state index contributed by atoms with van der Waals surface area (Å²) in [5.74, 6) is 3.66. The maximum Gasteiger partial charge on any atom is 0.192 e. The fraction of sp³-hybridized carbons (Fsp3) is 0.783. The van der Waals surface area contributed by atoms with Gasteiger partial charge in [-0.1, -0.05) is 13.8 Å². The van der Waals surface area contributed by atoms with E-state index in [4.69, 9.17) is 10.2 Å². The third-order valence-corrected chi connectivity index (χ3v) is 8.26. The number of fused-ring (bicyclic) bond motifs is 3. The average molecular weight is 391 g/mol. The van der Waals surface area contributed by atoms with Crippen molar-refractivity contribution in [1.82, 2.24) is 5.32 Å². The zero-order valence-corrected chi connectivity index (χ0v) is 17.3. The fourth-order valence-corrected chi connectivity index (χ4v) is 7.10. The summed E-state index contributed by atoms with van der Waals surface area (Å²) in [7, 11) is 0. The summed E-state index contributed by atoms with van der Waals surface area (Å²) in [5, 5.41) is 3.79. The van der Waals surface area contributed by atoms with E-state index in [1.807, 2.05) is 11.8 Å². The predicted octanol–water partition coefficient (Wildman–Crippen LogP) is 5.29. The van der Waals surface area contributed by atoms with Gasteiger partial charge >= 0.3 is 0 Å². The molecule has 1 unspecified atom stereocenters. The summed E-state index contributed by atoms with van der Waals surface area (Å²) in [6.45, 7) is 3.10. The topological polar surface area (TPSA) is 33.6 Å². The van der Waals surface area contributed by atoms with E-state index in [-0.39, 0.29) is 12.6 Å². The number of allylic oxidation sites excluding steroid dienone is 1. The molecule has 0 spiro atoms. The number of rotatable bonds is 3. The SMILES string of the molecule is [2H][C@@H](C(C)C)[C@@H]1CSC2=C1CN[C@@H](C1=C3O[C@@H]4N=C(C([2H])([2H])[2H])CCC4[C@@H]3CCC1)C2. The minimum Gasteiger partial charge on any atom is -0.472 e. The minimum atomic E-state index is -2.10. The van der Waals surface area contributed by atoms with Crippen molar-refractivity contribution in [3.63, 3.8) is 0 Å². The highest BCUT2D eigenvalue weighted by molar-refractivity contribution is 8.03. The summed E-state index contributed by atoms with van der Waals surface area (Å²) in [5.41, 5.74) is 3.21. The van der Waals surface area contributed by atoms with Gasteiger partial charge < -0.3 is 10.1 Å². The summed E-state index contributed by atoms with van der Waals surface area (Å²) in [6.07, 6.45) is 5.48. The van der Waals surface area contributed by atoms with Crippen LogP contribution in [0, 0.1) is 23.7 Å². The number of ether oxygens (including phenoxy) is 1. The van der Waals surface area contributed by atoms with Crippen molar-refractivity contribution in [2.75, 3.05) is 12.3 Å². The Morgan fingerprint density at radius 1 is 1.33 bits per heavy atom. The molecule has 5 rings (SSSR count). The number of aliphatic imine (C=N–C) groups is 1. The third-order valence-electron chi connectivity index (χ3n) is 6.95. The molecule has 1 N–H and O–H groups in total. The van der Waals surface area contributed by atoms with Crippen molar-refractivity contribution in [3.05, 3.63) is 21.8 Å². The highest BCUT2D eigenvalue weighted by atomic mass is 32.2. The molecule has 5 aliphatic rings. The summed E-state index contributed by atoms with van der Waals surface area (Å²) < 4.78 is 38.2. The van der Waals surface area contributed by atoms with Crippen LogP contribution in [0.1, 0.15) is 71.1 Å². The monoisotopic (exact) mass is 390 g/mol. The highest BCUT2D eigenvalue weighted by Crippen LogP contribution is 2.50. The van der Waals surface area contributed by atoms with Gasteiger partial charge in [0, 0.05) is 41.4 Å². The van der Waals surface area contributed by atoms with E-state index in [0.29, 0.717) is 41.8 Å². The van der Waals surface area contributed by atoms with Crippen LogP contribution < -0.4 is 5.32 Å². The van der Waals surface area contributed by atoms with E-state index >= 15 is 0 Å². The number of hydrogen-bond acceptors (Lipinski definition) is 4. The van der Waals surface area contributed by atoms with Crippen LogP contribution >= 0.6 is 11.8 Å². The Morgan fingerprint density at radius 2 is 2.26 bits per heavy atom. The molecule has 1 saturated heterocycles. The zero-order valence-electron chi connectivity index (χ0n) is 20.5. The molecule has 0 radical (unpaired) electrons. The molecule has 1 aliphatic carbocycles. The molecule has 4 aliphatic heterocycles. The number of nitrogens with one attached hydrogen (secondary N) is 1. The molecule has 148 valence electrons. The van der Waals surface area contributed by atoms with Gasteiger partial charge in [0.25, 0.3) is 0 Å². The van der Waals surface area contributed by atoms with Crippen LogP contribution in [0.3, 0.4) is 0 Å². The van der Waals surface area contributed by atoms with E-state index in [9.17, 15) is 0 Å². The van der Waals surface area contributed by atoms with E-state index in [1.165, 1.54) is 22.5 Å². The molecule has 0 aromatic rings. The Kier molecular flexibility index (Phi) is 3.84. The molecular weight excluding hydrogens is 352 g/mol. The molecule has 0 bridgehead atoms. The normalized spacial score (nSPS) is 42.3. The molecule has 4 heterocycles. The zero-order chi connectivity index (χ0) is 21.9. The fourth-order valence-electron chi connectivity index (χ4n) is 5.71. The summed E-state index contributed by atoms with van der Waals surface area (Å²) >= 11 is 1.97. The van der Waals surface area contributed by atoms with Gasteiger partial charge in [-0.25, -0.2) is 0 Å². The number of hydrogen-bond donors (Lipinski definition) is 1. The Bertz CT molecular complexity index is 834. The first-order valence-electron chi connectivity index (χ1n) is 12.8. The average Bonchev–Trinajstić information content (AvgIpc) is 3.32. The van der Waals surface area contributed by atoms with Crippen molar-refractivity contribution in [1.29, 1.82) is 0 Å². The Morgan fingerprint density at radius 3 is 3.11 bits per heavy atom. The molecule has 0 amide bonds. The van der Waals surface area contributed by atoms with Crippen molar-refractivity contribution >= 4 is 17.5 Å². The van der Waals surface area contributed by atoms with E-state index < -0.39 is 6.85 Å². The minimum absolute atomic E-state index is 0.0222. The lowest BCUT2D eigenvalue weighted by molar-refractivity contribution is 0.128. The van der Waals surface area contributed by atoms with Gasteiger partial charge in [0.05, 0.1) is 0 Å². The third kappa shape index (κ3) is 3.31. The van der Waals surface area contributed by atoms with Crippen LogP contribution in [-0.4, -0.2) is 30.3 Å². The number of nitrogens with zero attached hydrogens (tertiary/aromatic N) is 1. The van der Waals surface area contributed by atoms with Gasteiger partial charge in [0.1, 0.15) is 5.76 Å². The molecule has 27 heavy (non-hydrogen) atoms. The number of thioether (sulfide) groups is 1. The van der Waals surface area contributed by atoms with Gasteiger partial charge in [0.15, 0.2) is 6.23 Å². The van der Waals surface area contributed by atoms with E-state index in [0.717, 1.165) is 43.7 Å². The molecule has 1 fully saturated rings.